The van der Waals surface area contributed by atoms with E-state index in [1.54, 1.807) is 13.0 Å². The van der Waals surface area contributed by atoms with Gasteiger partial charge in [0.15, 0.2) is 0 Å². The Morgan fingerprint density at radius 1 is 1.29 bits per heavy atom. The lowest BCUT2D eigenvalue weighted by Crippen LogP contribution is -2.33. The number of nitrogens with two attached hydrogens (primary N) is 1. The molecule has 0 saturated carbocycles. The number of hydrogen-bond donors (Lipinski definition) is 2. The van der Waals surface area contributed by atoms with Gasteiger partial charge in [-0.05, 0) is 18.6 Å². The molecule has 0 bridgehead atoms. The van der Waals surface area contributed by atoms with Crippen LogP contribution in [0.4, 0.5) is 0 Å². The van der Waals surface area contributed by atoms with E-state index in [1.165, 1.54) is 0 Å². The Labute approximate surface area is 99.0 Å². The lowest BCUT2D eigenvalue weighted by molar-refractivity contribution is -0.137. The zero-order valence-corrected chi connectivity index (χ0v) is 9.38. The number of rotatable bonds is 3. The number of hydrazone groups is 1. The third-order valence-corrected chi connectivity index (χ3v) is 1.87. The van der Waals surface area contributed by atoms with Gasteiger partial charge in [-0.1, -0.05) is 36.4 Å². The molecule has 0 aliphatic heterocycles. The van der Waals surface area contributed by atoms with Crippen molar-refractivity contribution in [3.8, 4) is 0 Å². The zero-order chi connectivity index (χ0) is 12.7. The van der Waals surface area contributed by atoms with E-state index in [-0.39, 0.29) is 0 Å². The molecular weight excluding hydrogens is 218 g/mol. The monoisotopic (exact) mass is 231 g/mol. The number of nitrogens with zero attached hydrogens (tertiary/aromatic N) is 1. The van der Waals surface area contributed by atoms with Crippen molar-refractivity contribution in [3.05, 3.63) is 42.0 Å². The molecular formula is C12H13N3O2. The molecule has 0 saturated heterocycles. The van der Waals surface area contributed by atoms with Gasteiger partial charge in [0.1, 0.15) is 0 Å². The molecule has 5 heteroatoms. The van der Waals surface area contributed by atoms with Crippen LogP contribution >= 0.6 is 0 Å². The number of amides is 2. The zero-order valence-electron chi connectivity index (χ0n) is 9.38. The van der Waals surface area contributed by atoms with Crippen LogP contribution in [-0.2, 0) is 9.59 Å². The molecule has 0 aliphatic carbocycles. The first kappa shape index (κ1) is 12.6. The highest BCUT2D eigenvalue weighted by Crippen LogP contribution is 2.00. The van der Waals surface area contributed by atoms with Gasteiger partial charge in [-0.25, -0.2) is 5.43 Å². The average molecular weight is 231 g/mol. The maximum atomic E-state index is 10.8. The van der Waals surface area contributed by atoms with Crippen LogP contribution in [0.15, 0.2) is 41.5 Å². The molecule has 1 aromatic rings. The van der Waals surface area contributed by atoms with E-state index in [1.807, 2.05) is 41.8 Å². The van der Waals surface area contributed by atoms with E-state index >= 15 is 0 Å². The van der Waals surface area contributed by atoms with Crippen molar-refractivity contribution < 1.29 is 9.59 Å². The van der Waals surface area contributed by atoms with E-state index in [9.17, 15) is 9.59 Å². The first-order chi connectivity index (χ1) is 8.09. The number of allylic oxidation sites excluding steroid dienone is 1. The summed E-state index contributed by atoms with van der Waals surface area (Å²) in [6.07, 6.45) is 3.56. The third-order valence-electron chi connectivity index (χ3n) is 1.87. The summed E-state index contributed by atoms with van der Waals surface area (Å²) in [5.41, 5.74) is 8.37. The van der Waals surface area contributed by atoms with Crippen LogP contribution in [0.5, 0.6) is 0 Å². The molecule has 0 spiro atoms. The van der Waals surface area contributed by atoms with Crippen molar-refractivity contribution in [3.63, 3.8) is 0 Å². The van der Waals surface area contributed by atoms with E-state index in [2.05, 4.69) is 5.10 Å². The maximum absolute atomic E-state index is 10.8. The molecule has 0 aliphatic rings. The van der Waals surface area contributed by atoms with Crippen molar-refractivity contribution in [1.29, 1.82) is 0 Å². The molecule has 2 amide bonds. The van der Waals surface area contributed by atoms with Gasteiger partial charge in [-0.15, -0.1) is 0 Å². The molecule has 0 aromatic heterocycles. The van der Waals surface area contributed by atoms with Crippen LogP contribution < -0.4 is 11.2 Å². The predicted octanol–water partition coefficient (Wildman–Crippen LogP) is 0.677. The van der Waals surface area contributed by atoms with Crippen molar-refractivity contribution >= 4 is 23.6 Å². The molecule has 1 rings (SSSR count). The SMILES string of the molecule is CC(/C=C\c1ccccc1)=N\NC(=O)C(N)=O. The minimum atomic E-state index is -1.06. The fourth-order valence-corrected chi connectivity index (χ4v) is 1.01. The lowest BCUT2D eigenvalue weighted by atomic mass is 10.2. The smallest absolute Gasteiger partial charge is 0.329 e. The van der Waals surface area contributed by atoms with Gasteiger partial charge in [0.25, 0.3) is 0 Å². The van der Waals surface area contributed by atoms with Crippen molar-refractivity contribution in [2.24, 2.45) is 10.8 Å². The van der Waals surface area contributed by atoms with E-state index in [0.717, 1.165) is 5.56 Å². The maximum Gasteiger partial charge on any atom is 0.329 e. The van der Waals surface area contributed by atoms with Crippen LogP contribution in [0.1, 0.15) is 12.5 Å². The van der Waals surface area contributed by atoms with Gasteiger partial charge in [0.2, 0.25) is 0 Å². The number of hydrogen-bond acceptors (Lipinski definition) is 3. The quantitative estimate of drug-likeness (QED) is 0.455. The van der Waals surface area contributed by atoms with Gasteiger partial charge in [0.05, 0.1) is 5.71 Å². The van der Waals surface area contributed by atoms with Crippen LogP contribution in [0.25, 0.3) is 6.08 Å². The number of primary amides is 1. The minimum absolute atomic E-state index is 0.559. The van der Waals surface area contributed by atoms with E-state index < -0.39 is 11.8 Å². The summed E-state index contributed by atoms with van der Waals surface area (Å²) in [7, 11) is 0. The van der Waals surface area contributed by atoms with Crippen molar-refractivity contribution in [2.45, 2.75) is 6.92 Å². The standard InChI is InChI=1S/C12H13N3O2/c1-9(14-15-12(17)11(13)16)7-8-10-5-3-2-4-6-10/h2-8H,1H3,(H2,13,16)(H,15,17)/b8-7-,14-9+. The Kier molecular flexibility index (Phi) is 4.62. The molecule has 0 heterocycles. The van der Waals surface area contributed by atoms with Crippen LogP contribution in [0.3, 0.4) is 0 Å². The lowest BCUT2D eigenvalue weighted by Gasteiger charge is -1.95. The molecule has 0 fully saturated rings. The average Bonchev–Trinajstić information content (AvgIpc) is 2.34. The van der Waals surface area contributed by atoms with Gasteiger partial charge in [0, 0.05) is 0 Å². The van der Waals surface area contributed by atoms with Gasteiger partial charge in [-0.3, -0.25) is 9.59 Å². The number of benzene rings is 1. The largest absolute Gasteiger partial charge is 0.361 e. The molecule has 0 unspecified atom stereocenters. The highest BCUT2D eigenvalue weighted by molar-refractivity contribution is 6.34. The van der Waals surface area contributed by atoms with Crippen LogP contribution in [-0.4, -0.2) is 17.5 Å². The Balaban J connectivity index is 2.57. The molecule has 88 valence electrons. The summed E-state index contributed by atoms with van der Waals surface area (Å²) in [6.45, 7) is 1.70. The normalized spacial score (nSPS) is 11.5. The van der Waals surface area contributed by atoms with Gasteiger partial charge in [-0.2, -0.15) is 5.10 Å². The Morgan fingerprint density at radius 3 is 2.53 bits per heavy atom. The topological polar surface area (TPSA) is 84.6 Å². The molecule has 0 radical (unpaired) electrons. The number of carbonyl (C=O) groups excluding carboxylic acids is 2. The fraction of sp³-hybridized carbons (Fsp3) is 0.0833. The van der Waals surface area contributed by atoms with Crippen molar-refractivity contribution in [1.82, 2.24) is 5.43 Å². The minimum Gasteiger partial charge on any atom is -0.361 e. The van der Waals surface area contributed by atoms with Crippen LogP contribution in [0.2, 0.25) is 0 Å². The summed E-state index contributed by atoms with van der Waals surface area (Å²) in [5.74, 6) is -1.99. The highest BCUT2D eigenvalue weighted by atomic mass is 16.2. The Bertz CT molecular complexity index is 464. The number of nitrogens with one attached hydrogen (secondary N) is 1. The predicted molar refractivity (Wildman–Crippen MR) is 65.9 cm³/mol. The first-order valence-corrected chi connectivity index (χ1v) is 4.97. The summed E-state index contributed by atoms with van der Waals surface area (Å²) >= 11 is 0. The van der Waals surface area contributed by atoms with E-state index in [0.29, 0.717) is 5.71 Å². The van der Waals surface area contributed by atoms with Crippen LogP contribution in [0, 0.1) is 0 Å². The second-order valence-electron chi connectivity index (χ2n) is 3.30. The number of carbonyl (C=O) groups is 2. The molecule has 17 heavy (non-hydrogen) atoms. The molecule has 1 aromatic carbocycles. The first-order valence-electron chi connectivity index (χ1n) is 4.97. The summed E-state index contributed by atoms with van der Waals surface area (Å²) in [6, 6.07) is 9.63. The van der Waals surface area contributed by atoms with Crippen molar-refractivity contribution in [2.75, 3.05) is 0 Å². The second-order valence-corrected chi connectivity index (χ2v) is 3.30. The summed E-state index contributed by atoms with van der Waals surface area (Å²) < 4.78 is 0. The Morgan fingerprint density at radius 2 is 1.94 bits per heavy atom. The summed E-state index contributed by atoms with van der Waals surface area (Å²) in [5, 5.41) is 3.69. The fourth-order valence-electron chi connectivity index (χ4n) is 1.01. The van der Waals surface area contributed by atoms with Gasteiger partial charge >= 0.3 is 11.8 Å². The van der Waals surface area contributed by atoms with E-state index in [4.69, 9.17) is 5.73 Å². The van der Waals surface area contributed by atoms with Gasteiger partial charge < -0.3 is 5.73 Å². The molecule has 3 N–H and O–H groups in total. The summed E-state index contributed by atoms with van der Waals surface area (Å²) in [4.78, 5) is 21.2. The Hall–Kier alpha value is -2.43. The second kappa shape index (κ2) is 6.22. The highest BCUT2D eigenvalue weighted by Gasteiger charge is 2.05. The molecule has 5 nitrogen and oxygen atoms in total. The third kappa shape index (κ3) is 4.74. The molecule has 0 atom stereocenters.